The average Bonchev–Trinajstić information content (AvgIpc) is 2.33. The van der Waals surface area contributed by atoms with Gasteiger partial charge in [-0.2, -0.15) is 0 Å². The summed E-state index contributed by atoms with van der Waals surface area (Å²) >= 11 is 0. The van der Waals surface area contributed by atoms with Gasteiger partial charge in [0.2, 0.25) is 0 Å². The van der Waals surface area contributed by atoms with E-state index in [4.69, 9.17) is 9.47 Å². The minimum atomic E-state index is -0.0301. The van der Waals surface area contributed by atoms with E-state index in [0.717, 1.165) is 26.1 Å². The molecule has 2 aliphatic heterocycles. The molecule has 2 fully saturated rings. The molecule has 3 atom stereocenters. The Balaban J connectivity index is 2.08. The van der Waals surface area contributed by atoms with Gasteiger partial charge in [0.1, 0.15) is 5.60 Å². The first-order valence-electron chi connectivity index (χ1n) is 4.73. The van der Waals surface area contributed by atoms with Crippen LogP contribution >= 0.6 is 0 Å². The summed E-state index contributed by atoms with van der Waals surface area (Å²) < 4.78 is 11.5. The molecule has 0 aromatic heterocycles. The van der Waals surface area contributed by atoms with E-state index in [9.17, 15) is 0 Å². The van der Waals surface area contributed by atoms with Crippen molar-refractivity contribution in [2.75, 3.05) is 19.7 Å². The maximum atomic E-state index is 5.96. The SMILES string of the molecule is C[C@H]1CNC[C@@]2(CCO[C@@H]2C)O1. The molecule has 0 unspecified atom stereocenters. The largest absolute Gasteiger partial charge is 0.375 e. The molecule has 0 bridgehead atoms. The first-order valence-corrected chi connectivity index (χ1v) is 4.73. The topological polar surface area (TPSA) is 30.5 Å². The zero-order chi connectivity index (χ0) is 8.60. The normalized spacial score (nSPS) is 48.5. The maximum Gasteiger partial charge on any atom is 0.109 e. The third-order valence-corrected chi connectivity index (χ3v) is 2.93. The quantitative estimate of drug-likeness (QED) is 0.577. The van der Waals surface area contributed by atoms with E-state index in [-0.39, 0.29) is 11.7 Å². The Kier molecular flexibility index (Phi) is 2.10. The van der Waals surface area contributed by atoms with Crippen molar-refractivity contribution in [1.82, 2.24) is 5.32 Å². The Hall–Kier alpha value is -0.120. The Morgan fingerprint density at radius 3 is 2.83 bits per heavy atom. The predicted molar refractivity (Wildman–Crippen MR) is 46.2 cm³/mol. The van der Waals surface area contributed by atoms with E-state index in [1.165, 1.54) is 0 Å². The lowest BCUT2D eigenvalue weighted by Gasteiger charge is -2.39. The van der Waals surface area contributed by atoms with Gasteiger partial charge in [-0.15, -0.1) is 0 Å². The van der Waals surface area contributed by atoms with E-state index in [1.807, 2.05) is 0 Å². The maximum absolute atomic E-state index is 5.96. The lowest BCUT2D eigenvalue weighted by Crippen LogP contribution is -2.56. The predicted octanol–water partition coefficient (Wildman–Crippen LogP) is 0.542. The monoisotopic (exact) mass is 171 g/mol. The van der Waals surface area contributed by atoms with Crippen molar-refractivity contribution in [2.24, 2.45) is 0 Å². The highest BCUT2D eigenvalue weighted by Crippen LogP contribution is 2.32. The molecule has 70 valence electrons. The summed E-state index contributed by atoms with van der Waals surface area (Å²) in [5, 5.41) is 3.39. The van der Waals surface area contributed by atoms with Crippen LogP contribution in [0.3, 0.4) is 0 Å². The van der Waals surface area contributed by atoms with Crippen LogP contribution in [0.4, 0.5) is 0 Å². The Labute approximate surface area is 73.4 Å². The van der Waals surface area contributed by atoms with Crippen molar-refractivity contribution in [1.29, 1.82) is 0 Å². The molecule has 0 amide bonds. The van der Waals surface area contributed by atoms with Crippen LogP contribution < -0.4 is 5.32 Å². The van der Waals surface area contributed by atoms with E-state index in [1.54, 1.807) is 0 Å². The smallest absolute Gasteiger partial charge is 0.109 e. The molecule has 2 heterocycles. The van der Waals surface area contributed by atoms with Crippen molar-refractivity contribution < 1.29 is 9.47 Å². The summed E-state index contributed by atoms with van der Waals surface area (Å²) in [7, 11) is 0. The molecule has 0 radical (unpaired) electrons. The van der Waals surface area contributed by atoms with Crippen LogP contribution in [0.15, 0.2) is 0 Å². The molecule has 0 aromatic carbocycles. The standard InChI is InChI=1S/C9H17NO2/c1-7-5-10-6-9(12-7)3-4-11-8(9)2/h7-8,10H,3-6H2,1-2H3/t7-,8+,9+/m0/s1. The molecule has 1 N–H and O–H groups in total. The summed E-state index contributed by atoms with van der Waals surface area (Å²) in [6.07, 6.45) is 1.60. The minimum absolute atomic E-state index is 0.0301. The Bertz CT molecular complexity index is 174. The minimum Gasteiger partial charge on any atom is -0.375 e. The van der Waals surface area contributed by atoms with Gasteiger partial charge in [0.25, 0.3) is 0 Å². The van der Waals surface area contributed by atoms with Gasteiger partial charge in [-0.05, 0) is 13.8 Å². The number of nitrogens with one attached hydrogen (secondary N) is 1. The van der Waals surface area contributed by atoms with E-state index < -0.39 is 0 Å². The van der Waals surface area contributed by atoms with Crippen LogP contribution in [0.1, 0.15) is 20.3 Å². The highest BCUT2D eigenvalue weighted by molar-refractivity contribution is 4.96. The van der Waals surface area contributed by atoms with Gasteiger partial charge in [0.15, 0.2) is 0 Å². The molecule has 0 aromatic rings. The van der Waals surface area contributed by atoms with E-state index in [0.29, 0.717) is 6.10 Å². The molecular weight excluding hydrogens is 154 g/mol. The highest BCUT2D eigenvalue weighted by Gasteiger charge is 2.45. The second-order valence-electron chi connectivity index (χ2n) is 3.89. The first-order chi connectivity index (χ1) is 5.73. The number of hydrogen-bond acceptors (Lipinski definition) is 3. The summed E-state index contributed by atoms with van der Waals surface area (Å²) in [6, 6.07) is 0. The molecule has 12 heavy (non-hydrogen) atoms. The van der Waals surface area contributed by atoms with Gasteiger partial charge in [0, 0.05) is 26.1 Å². The summed E-state index contributed by atoms with van der Waals surface area (Å²) in [6.45, 7) is 6.97. The number of rotatable bonds is 0. The first kappa shape index (κ1) is 8.48. The molecule has 3 nitrogen and oxygen atoms in total. The van der Waals surface area contributed by atoms with Gasteiger partial charge in [0.05, 0.1) is 12.2 Å². The second-order valence-corrected chi connectivity index (χ2v) is 3.89. The van der Waals surface area contributed by atoms with Crippen LogP contribution in [0.25, 0.3) is 0 Å². The zero-order valence-corrected chi connectivity index (χ0v) is 7.80. The Morgan fingerprint density at radius 2 is 2.25 bits per heavy atom. The van der Waals surface area contributed by atoms with Gasteiger partial charge in [-0.25, -0.2) is 0 Å². The van der Waals surface area contributed by atoms with E-state index in [2.05, 4.69) is 19.2 Å². The molecule has 1 spiro atoms. The van der Waals surface area contributed by atoms with Gasteiger partial charge < -0.3 is 14.8 Å². The van der Waals surface area contributed by atoms with Gasteiger partial charge >= 0.3 is 0 Å². The fourth-order valence-electron chi connectivity index (χ4n) is 2.12. The molecule has 0 saturated carbocycles. The number of morpholine rings is 1. The molecule has 3 heteroatoms. The molecular formula is C9H17NO2. The summed E-state index contributed by atoms with van der Waals surface area (Å²) in [5.74, 6) is 0. The molecule has 2 aliphatic rings. The molecule has 2 rings (SSSR count). The third kappa shape index (κ3) is 1.26. The lowest BCUT2D eigenvalue weighted by molar-refractivity contribution is -0.135. The summed E-state index contributed by atoms with van der Waals surface area (Å²) in [4.78, 5) is 0. The van der Waals surface area contributed by atoms with Crippen molar-refractivity contribution in [2.45, 2.75) is 38.1 Å². The molecule has 0 aliphatic carbocycles. The van der Waals surface area contributed by atoms with Crippen molar-refractivity contribution in [3.05, 3.63) is 0 Å². The van der Waals surface area contributed by atoms with Crippen molar-refractivity contribution in [3.63, 3.8) is 0 Å². The van der Waals surface area contributed by atoms with Crippen LogP contribution in [-0.4, -0.2) is 37.5 Å². The van der Waals surface area contributed by atoms with E-state index >= 15 is 0 Å². The number of hydrogen-bond donors (Lipinski definition) is 1. The fraction of sp³-hybridized carbons (Fsp3) is 1.00. The van der Waals surface area contributed by atoms with Gasteiger partial charge in [-0.3, -0.25) is 0 Å². The highest BCUT2D eigenvalue weighted by atomic mass is 16.6. The summed E-state index contributed by atoms with van der Waals surface area (Å²) in [5.41, 5.74) is -0.0301. The van der Waals surface area contributed by atoms with Crippen LogP contribution in [0.5, 0.6) is 0 Å². The molecule has 2 saturated heterocycles. The average molecular weight is 171 g/mol. The Morgan fingerprint density at radius 1 is 1.42 bits per heavy atom. The lowest BCUT2D eigenvalue weighted by atomic mass is 9.94. The van der Waals surface area contributed by atoms with Crippen LogP contribution in [-0.2, 0) is 9.47 Å². The van der Waals surface area contributed by atoms with Crippen molar-refractivity contribution in [3.8, 4) is 0 Å². The van der Waals surface area contributed by atoms with Crippen molar-refractivity contribution >= 4 is 0 Å². The van der Waals surface area contributed by atoms with Crippen LogP contribution in [0.2, 0.25) is 0 Å². The second kappa shape index (κ2) is 2.98. The van der Waals surface area contributed by atoms with Crippen LogP contribution in [0, 0.1) is 0 Å². The number of ether oxygens (including phenoxy) is 2. The third-order valence-electron chi connectivity index (χ3n) is 2.93. The van der Waals surface area contributed by atoms with Gasteiger partial charge in [-0.1, -0.05) is 0 Å². The zero-order valence-electron chi connectivity index (χ0n) is 7.80. The fourth-order valence-corrected chi connectivity index (χ4v) is 2.12.